The monoisotopic (exact) mass is 523 g/mol. The molecule has 0 radical (unpaired) electrons. The number of ketones is 3. The lowest BCUT2D eigenvalue weighted by molar-refractivity contribution is -0.313. The molecular weight excluding hydrogens is 486 g/mol. The highest BCUT2D eigenvalue weighted by Gasteiger charge is 2.89. The molecule has 3 aliphatic carbocycles. The quantitative estimate of drug-likeness (QED) is 0.447. The Balaban J connectivity index is 1.40. The van der Waals surface area contributed by atoms with Gasteiger partial charge in [-0.15, -0.1) is 0 Å². The van der Waals surface area contributed by atoms with E-state index in [2.05, 4.69) is 18.7 Å². The van der Waals surface area contributed by atoms with E-state index in [1.165, 1.54) is 0 Å². The maximum Gasteiger partial charge on any atom is 0.306 e. The molecule has 0 aromatic heterocycles. The van der Waals surface area contributed by atoms with Crippen LogP contribution in [0, 0.1) is 45.8 Å². The second-order valence-corrected chi connectivity index (χ2v) is 14.3. The van der Waals surface area contributed by atoms with Crippen LogP contribution >= 0.6 is 0 Å². The van der Waals surface area contributed by atoms with E-state index in [0.717, 1.165) is 24.8 Å². The van der Waals surface area contributed by atoms with E-state index in [1.54, 1.807) is 6.08 Å². The second-order valence-electron chi connectivity index (χ2n) is 14.3. The lowest BCUT2D eigenvalue weighted by Gasteiger charge is -2.70. The lowest BCUT2D eigenvalue weighted by Crippen LogP contribution is -2.82. The minimum atomic E-state index is -1.31. The van der Waals surface area contributed by atoms with E-state index < -0.39 is 45.4 Å². The molecule has 8 aliphatic rings. The van der Waals surface area contributed by atoms with E-state index in [1.807, 2.05) is 13.8 Å². The van der Waals surface area contributed by atoms with Gasteiger partial charge in [0.05, 0.1) is 31.2 Å². The summed E-state index contributed by atoms with van der Waals surface area (Å²) in [7, 11) is 0. The van der Waals surface area contributed by atoms with E-state index in [-0.39, 0.29) is 55.0 Å². The van der Waals surface area contributed by atoms with Crippen molar-refractivity contribution in [1.82, 2.24) is 4.90 Å². The Morgan fingerprint density at radius 3 is 2.61 bits per heavy atom. The average molecular weight is 524 g/mol. The number of hydrogen-bond acceptors (Lipinski definition) is 8. The number of allylic oxidation sites excluding steroid dienone is 2. The first-order valence-electron chi connectivity index (χ1n) is 14.5. The van der Waals surface area contributed by atoms with Crippen LogP contribution in [0.5, 0.6) is 0 Å². The van der Waals surface area contributed by atoms with Gasteiger partial charge in [0.2, 0.25) is 0 Å². The predicted octanol–water partition coefficient (Wildman–Crippen LogP) is 2.83. The molecule has 5 aliphatic heterocycles. The molecule has 5 heterocycles. The van der Waals surface area contributed by atoms with E-state index >= 15 is 4.79 Å². The summed E-state index contributed by atoms with van der Waals surface area (Å²) in [6.45, 7) is 8.96. The fraction of sp³-hybridized carbons (Fsp3) is 0.800. The number of hydrogen-bond donors (Lipinski definition) is 0. The molecule has 8 nitrogen and oxygen atoms in total. The summed E-state index contributed by atoms with van der Waals surface area (Å²) in [4.78, 5) is 58.6. The minimum absolute atomic E-state index is 0.0285. The van der Waals surface area contributed by atoms with Crippen LogP contribution in [0.2, 0.25) is 0 Å². The van der Waals surface area contributed by atoms with Crippen LogP contribution < -0.4 is 0 Å². The van der Waals surface area contributed by atoms with Crippen molar-refractivity contribution in [2.24, 2.45) is 45.8 Å². The van der Waals surface area contributed by atoms with E-state index in [0.29, 0.717) is 25.3 Å². The molecule has 0 aromatic rings. The second kappa shape index (κ2) is 6.87. The minimum Gasteiger partial charge on any atom is -0.465 e. The van der Waals surface area contributed by atoms with Crippen molar-refractivity contribution in [2.75, 3.05) is 19.8 Å². The molecule has 204 valence electrons. The summed E-state index contributed by atoms with van der Waals surface area (Å²) in [5.41, 5.74) is -3.78. The van der Waals surface area contributed by atoms with Crippen molar-refractivity contribution in [2.45, 2.75) is 83.8 Å². The number of carbonyl (C=O) groups excluding carboxylic acids is 4. The summed E-state index contributed by atoms with van der Waals surface area (Å²) in [5, 5.41) is 0. The molecule has 7 fully saturated rings. The number of rotatable bonds is 0. The topological polar surface area (TPSA) is 99.2 Å². The smallest absolute Gasteiger partial charge is 0.306 e. The van der Waals surface area contributed by atoms with Gasteiger partial charge in [-0.05, 0) is 56.9 Å². The number of nitrogens with zero attached hydrogens (tertiary/aromatic N) is 1. The van der Waals surface area contributed by atoms with Crippen LogP contribution in [-0.2, 0) is 33.4 Å². The van der Waals surface area contributed by atoms with Crippen LogP contribution in [-0.4, -0.2) is 65.5 Å². The zero-order chi connectivity index (χ0) is 26.6. The molecule has 38 heavy (non-hydrogen) atoms. The normalized spacial score (nSPS) is 56.8. The summed E-state index contributed by atoms with van der Waals surface area (Å²) >= 11 is 0. The van der Waals surface area contributed by atoms with Crippen LogP contribution in [0.4, 0.5) is 0 Å². The number of Topliss-reactive ketones (excluding diaryl/α,β-unsaturated/α-hetero) is 2. The number of piperidine rings is 1. The molecule has 0 aromatic carbocycles. The third-order valence-corrected chi connectivity index (χ3v) is 12.7. The largest absolute Gasteiger partial charge is 0.465 e. The number of ether oxygens (including phenoxy) is 3. The van der Waals surface area contributed by atoms with Gasteiger partial charge in [0, 0.05) is 35.1 Å². The SMILES string of the molecule is CC1=CC(=O)[C@@H]2[C@@H](C1)[C@]13CO[C@@]4(C1=O)N1C[C@H]5C[C@H](C)C[C@]1(CC[C@@]4(C)[C@]1(COC(=O)C1)[C@H]3C(=O)[C@@H]2C)O5. The van der Waals surface area contributed by atoms with Crippen LogP contribution in [0.15, 0.2) is 11.6 Å². The highest BCUT2D eigenvalue weighted by atomic mass is 16.6. The molecule has 8 heteroatoms. The van der Waals surface area contributed by atoms with E-state index in [9.17, 15) is 14.4 Å². The third kappa shape index (κ3) is 2.24. The Kier molecular flexibility index (Phi) is 4.33. The van der Waals surface area contributed by atoms with Gasteiger partial charge in [-0.2, -0.15) is 0 Å². The maximum atomic E-state index is 15.4. The molecule has 0 N–H and O–H groups in total. The van der Waals surface area contributed by atoms with Crippen molar-refractivity contribution in [3.05, 3.63) is 11.6 Å². The zero-order valence-electron chi connectivity index (χ0n) is 22.7. The summed E-state index contributed by atoms with van der Waals surface area (Å²) in [5.74, 6) is -2.11. The fourth-order valence-electron chi connectivity index (χ4n) is 11.4. The molecule has 4 spiro atoms. The summed E-state index contributed by atoms with van der Waals surface area (Å²) in [6.07, 6.45) is 5.50. The van der Waals surface area contributed by atoms with Crippen LogP contribution in [0.3, 0.4) is 0 Å². The molecule has 0 amide bonds. The maximum absolute atomic E-state index is 15.4. The molecular formula is C30H37NO7. The molecule has 8 rings (SSSR count). The fourth-order valence-corrected chi connectivity index (χ4v) is 11.4. The van der Waals surface area contributed by atoms with E-state index in [4.69, 9.17) is 14.2 Å². The highest BCUT2D eigenvalue weighted by Crippen LogP contribution is 2.78. The van der Waals surface area contributed by atoms with Crippen molar-refractivity contribution in [3.63, 3.8) is 0 Å². The average Bonchev–Trinajstić information content (AvgIpc) is 3.45. The first-order valence-corrected chi connectivity index (χ1v) is 14.5. The molecule has 0 unspecified atom stereocenters. The van der Waals surface area contributed by atoms with Gasteiger partial charge in [-0.3, -0.25) is 19.2 Å². The summed E-state index contributed by atoms with van der Waals surface area (Å²) < 4.78 is 19.4. The standard InChI is InChI=1S/C30H37NO7/c1-15-8-19-22(20(32)9-15)17(3)23(34)24-27(11-21(33)36-13-27)26(4)5-6-28-10-16(2)7-18(38-28)12-31(28)30(26)25(35)29(19,24)14-37-30/h9,16-19,22,24H,5-8,10-14H2,1-4H3/t16-,17+,18+,19+,22-,24+,26-,27+,28-,29-,30+/m0/s1. The highest BCUT2D eigenvalue weighted by molar-refractivity contribution is 6.08. The van der Waals surface area contributed by atoms with Gasteiger partial charge in [0.15, 0.2) is 17.3 Å². The molecule has 2 saturated carbocycles. The zero-order valence-corrected chi connectivity index (χ0v) is 22.7. The Labute approximate surface area is 222 Å². The van der Waals surface area contributed by atoms with Crippen molar-refractivity contribution in [1.29, 1.82) is 0 Å². The first-order chi connectivity index (χ1) is 18.0. The van der Waals surface area contributed by atoms with Crippen LogP contribution in [0.25, 0.3) is 0 Å². The predicted molar refractivity (Wildman–Crippen MR) is 132 cm³/mol. The van der Waals surface area contributed by atoms with Crippen molar-refractivity contribution < 1.29 is 33.4 Å². The van der Waals surface area contributed by atoms with Gasteiger partial charge < -0.3 is 14.2 Å². The van der Waals surface area contributed by atoms with Crippen molar-refractivity contribution >= 4 is 23.3 Å². The molecule has 4 bridgehead atoms. The van der Waals surface area contributed by atoms with Gasteiger partial charge >= 0.3 is 5.97 Å². The third-order valence-electron chi connectivity index (χ3n) is 12.7. The Morgan fingerprint density at radius 1 is 1.08 bits per heavy atom. The lowest BCUT2D eigenvalue weighted by atomic mass is 9.34. The van der Waals surface area contributed by atoms with Gasteiger partial charge in [-0.25, -0.2) is 4.90 Å². The Morgan fingerprint density at radius 2 is 1.87 bits per heavy atom. The van der Waals surface area contributed by atoms with Gasteiger partial charge in [0.25, 0.3) is 0 Å². The van der Waals surface area contributed by atoms with Crippen LogP contribution in [0.1, 0.15) is 66.2 Å². The first kappa shape index (κ1) is 23.9. The molecule has 11 atom stereocenters. The number of carbonyl (C=O) groups is 4. The van der Waals surface area contributed by atoms with Gasteiger partial charge in [0.1, 0.15) is 11.5 Å². The summed E-state index contributed by atoms with van der Waals surface area (Å²) in [6, 6.07) is 0. The number of fused-ring (bicyclic) bond motifs is 4. The number of cyclic esters (lactones) is 1. The van der Waals surface area contributed by atoms with Crippen molar-refractivity contribution in [3.8, 4) is 0 Å². The number of esters is 1. The Hall–Kier alpha value is -1.90. The van der Waals surface area contributed by atoms with Gasteiger partial charge in [-0.1, -0.05) is 26.3 Å². The Bertz CT molecular complexity index is 1260. The molecule has 5 saturated heterocycles.